The highest BCUT2D eigenvalue weighted by Crippen LogP contribution is 2.20. The summed E-state index contributed by atoms with van der Waals surface area (Å²) in [5.41, 5.74) is 2.25. The fraction of sp³-hybridized carbons (Fsp3) is 0.619. The van der Waals surface area contributed by atoms with Crippen LogP contribution in [0.2, 0.25) is 0 Å². The Morgan fingerprint density at radius 1 is 1.14 bits per heavy atom. The number of aliphatic imine (C=N–C) groups is 1. The van der Waals surface area contributed by atoms with Crippen molar-refractivity contribution < 1.29 is 4.74 Å². The van der Waals surface area contributed by atoms with E-state index in [-0.39, 0.29) is 24.0 Å². The van der Waals surface area contributed by atoms with Crippen LogP contribution in [-0.4, -0.2) is 48.4 Å². The van der Waals surface area contributed by atoms with E-state index >= 15 is 0 Å². The van der Waals surface area contributed by atoms with Crippen molar-refractivity contribution in [2.45, 2.75) is 57.6 Å². The number of halogens is 1. The molecular weight excluding hydrogens is 465 g/mol. The molecule has 7 heteroatoms. The second-order valence-electron chi connectivity index (χ2n) is 7.19. The maximum Gasteiger partial charge on any atom is 0.190 e. The minimum Gasteiger partial charge on any atom is -0.378 e. The number of ether oxygens (including phenoxy) is 1. The molecule has 0 radical (unpaired) electrons. The molecule has 0 atom stereocenters. The molecular formula is C21H34IN5O. The van der Waals surface area contributed by atoms with E-state index in [1.807, 2.05) is 25.5 Å². The first-order valence-corrected chi connectivity index (χ1v) is 10.3. The molecule has 28 heavy (non-hydrogen) atoms. The molecule has 0 aliphatic heterocycles. The van der Waals surface area contributed by atoms with Crippen LogP contribution in [0.15, 0.2) is 35.6 Å². The van der Waals surface area contributed by atoms with Crippen LogP contribution in [0.5, 0.6) is 0 Å². The van der Waals surface area contributed by atoms with Crippen LogP contribution in [0.1, 0.15) is 44.9 Å². The van der Waals surface area contributed by atoms with Crippen LogP contribution in [0.3, 0.4) is 0 Å². The molecule has 1 aromatic carbocycles. The van der Waals surface area contributed by atoms with E-state index in [1.165, 1.54) is 37.6 Å². The summed E-state index contributed by atoms with van der Waals surface area (Å²) in [6, 6.07) is 8.25. The maximum absolute atomic E-state index is 5.96. The van der Waals surface area contributed by atoms with Gasteiger partial charge in [0.15, 0.2) is 5.96 Å². The molecule has 1 fully saturated rings. The number of imidazole rings is 1. The molecule has 0 saturated heterocycles. The lowest BCUT2D eigenvalue weighted by Gasteiger charge is -2.22. The lowest BCUT2D eigenvalue weighted by atomic mass is 9.98. The highest BCUT2D eigenvalue weighted by Gasteiger charge is 2.12. The summed E-state index contributed by atoms with van der Waals surface area (Å²) in [7, 11) is 1.82. The van der Waals surface area contributed by atoms with Crippen molar-refractivity contribution in [2.75, 3.05) is 26.7 Å². The number of benzene rings is 1. The lowest BCUT2D eigenvalue weighted by Crippen LogP contribution is -2.38. The van der Waals surface area contributed by atoms with Gasteiger partial charge in [0.25, 0.3) is 0 Å². The van der Waals surface area contributed by atoms with Gasteiger partial charge in [0.2, 0.25) is 0 Å². The maximum atomic E-state index is 5.96. The normalized spacial score (nSPS) is 15.4. The van der Waals surface area contributed by atoms with Gasteiger partial charge in [0.1, 0.15) is 0 Å². The Morgan fingerprint density at radius 2 is 1.89 bits per heavy atom. The minimum atomic E-state index is 0. The third kappa shape index (κ3) is 7.24. The first-order chi connectivity index (χ1) is 13.4. The third-order valence-electron chi connectivity index (χ3n) is 5.14. The Hall–Kier alpha value is -1.35. The van der Waals surface area contributed by atoms with E-state index in [0.717, 1.165) is 50.6 Å². The Bertz CT molecular complexity index is 712. The highest BCUT2D eigenvalue weighted by atomic mass is 127. The van der Waals surface area contributed by atoms with Crippen molar-refractivity contribution in [1.29, 1.82) is 0 Å². The number of nitrogens with one attached hydrogen (secondary N) is 2. The summed E-state index contributed by atoms with van der Waals surface area (Å²) in [5, 5.41) is 6.75. The van der Waals surface area contributed by atoms with Crippen LogP contribution >= 0.6 is 24.0 Å². The van der Waals surface area contributed by atoms with Crippen LogP contribution in [0, 0.1) is 0 Å². The summed E-state index contributed by atoms with van der Waals surface area (Å²) in [5.74, 6) is 0.864. The molecule has 2 aromatic rings. The van der Waals surface area contributed by atoms with Gasteiger partial charge in [-0.15, -0.1) is 24.0 Å². The van der Waals surface area contributed by atoms with Crippen molar-refractivity contribution in [1.82, 2.24) is 20.2 Å². The number of fused-ring (bicyclic) bond motifs is 1. The molecule has 0 spiro atoms. The topological polar surface area (TPSA) is 63.5 Å². The lowest BCUT2D eigenvalue weighted by molar-refractivity contribution is 0.0277. The van der Waals surface area contributed by atoms with Gasteiger partial charge in [-0.1, -0.05) is 31.4 Å². The fourth-order valence-electron chi connectivity index (χ4n) is 3.63. The minimum absolute atomic E-state index is 0. The van der Waals surface area contributed by atoms with E-state index < -0.39 is 0 Å². The predicted octanol–water partition coefficient (Wildman–Crippen LogP) is 3.95. The van der Waals surface area contributed by atoms with E-state index in [2.05, 4.69) is 37.3 Å². The number of guanidine groups is 1. The van der Waals surface area contributed by atoms with E-state index in [4.69, 9.17) is 4.74 Å². The standard InChI is InChI=1S/C21H33N5O.HI/c1-22-21(24-14-8-16-27-18-9-3-2-4-10-18)23-13-7-15-26-17-25-19-11-5-6-12-20(19)26;/h5-6,11-12,17-18H,2-4,7-10,13-16H2,1H3,(H2,22,23,24);1H. The third-order valence-corrected chi connectivity index (χ3v) is 5.14. The van der Waals surface area contributed by atoms with Crippen molar-refractivity contribution >= 4 is 41.0 Å². The SMILES string of the molecule is CN=C(NCCCOC1CCCCC1)NCCCn1cnc2ccccc21.I. The van der Waals surface area contributed by atoms with Gasteiger partial charge in [-0.05, 0) is 37.8 Å². The molecule has 6 nitrogen and oxygen atoms in total. The zero-order chi connectivity index (χ0) is 18.7. The number of rotatable bonds is 9. The van der Waals surface area contributed by atoms with Gasteiger partial charge in [-0.25, -0.2) is 4.98 Å². The number of aryl methyl sites for hydroxylation is 1. The summed E-state index contributed by atoms with van der Waals surface area (Å²) < 4.78 is 8.17. The average Bonchev–Trinajstić information content (AvgIpc) is 3.13. The highest BCUT2D eigenvalue weighted by molar-refractivity contribution is 14.0. The number of para-hydroxylation sites is 2. The van der Waals surface area contributed by atoms with Crippen LogP contribution in [0.25, 0.3) is 11.0 Å². The molecule has 0 amide bonds. The number of aromatic nitrogens is 2. The van der Waals surface area contributed by atoms with E-state index in [1.54, 1.807) is 0 Å². The Kier molecular flexibility index (Phi) is 10.6. The van der Waals surface area contributed by atoms with Gasteiger partial charge in [-0.2, -0.15) is 0 Å². The summed E-state index contributed by atoms with van der Waals surface area (Å²) in [4.78, 5) is 8.73. The van der Waals surface area contributed by atoms with Crippen molar-refractivity contribution in [3.8, 4) is 0 Å². The van der Waals surface area contributed by atoms with Gasteiger partial charge in [-0.3, -0.25) is 4.99 Å². The Morgan fingerprint density at radius 3 is 2.68 bits per heavy atom. The second kappa shape index (κ2) is 13.0. The smallest absolute Gasteiger partial charge is 0.190 e. The van der Waals surface area contributed by atoms with Gasteiger partial charge in [0.05, 0.1) is 23.5 Å². The molecule has 0 unspecified atom stereocenters. The molecule has 1 aromatic heterocycles. The number of hydrogen-bond acceptors (Lipinski definition) is 3. The first-order valence-electron chi connectivity index (χ1n) is 10.3. The first kappa shape index (κ1) is 22.9. The molecule has 1 heterocycles. The summed E-state index contributed by atoms with van der Waals surface area (Å²) in [6.07, 6.45) is 11.0. The van der Waals surface area contributed by atoms with E-state index in [9.17, 15) is 0 Å². The second-order valence-corrected chi connectivity index (χ2v) is 7.19. The molecule has 1 aliphatic rings. The summed E-state index contributed by atoms with van der Waals surface area (Å²) >= 11 is 0. The number of nitrogens with zero attached hydrogens (tertiary/aromatic N) is 3. The monoisotopic (exact) mass is 499 g/mol. The molecule has 1 aliphatic carbocycles. The van der Waals surface area contributed by atoms with Gasteiger partial charge >= 0.3 is 0 Å². The summed E-state index contributed by atoms with van der Waals surface area (Å²) in [6.45, 7) is 3.55. The van der Waals surface area contributed by atoms with Crippen molar-refractivity contribution in [3.63, 3.8) is 0 Å². The van der Waals surface area contributed by atoms with Gasteiger partial charge in [0, 0.05) is 33.3 Å². The van der Waals surface area contributed by atoms with Crippen molar-refractivity contribution in [2.24, 2.45) is 4.99 Å². The molecule has 3 rings (SSSR count). The van der Waals surface area contributed by atoms with Crippen LogP contribution in [-0.2, 0) is 11.3 Å². The Balaban J connectivity index is 0.00000280. The predicted molar refractivity (Wildman–Crippen MR) is 127 cm³/mol. The molecule has 2 N–H and O–H groups in total. The molecule has 156 valence electrons. The zero-order valence-corrected chi connectivity index (χ0v) is 19.2. The van der Waals surface area contributed by atoms with Crippen LogP contribution in [0.4, 0.5) is 0 Å². The van der Waals surface area contributed by atoms with E-state index in [0.29, 0.717) is 6.10 Å². The fourth-order valence-corrected chi connectivity index (χ4v) is 3.63. The number of hydrogen-bond donors (Lipinski definition) is 2. The quantitative estimate of drug-likeness (QED) is 0.238. The largest absolute Gasteiger partial charge is 0.378 e. The van der Waals surface area contributed by atoms with Gasteiger partial charge < -0.3 is 19.9 Å². The van der Waals surface area contributed by atoms with Crippen molar-refractivity contribution in [3.05, 3.63) is 30.6 Å². The van der Waals surface area contributed by atoms with Crippen LogP contribution < -0.4 is 10.6 Å². The molecule has 1 saturated carbocycles. The Labute approximate surface area is 185 Å². The zero-order valence-electron chi connectivity index (χ0n) is 16.9. The average molecular weight is 499 g/mol. The molecule has 0 bridgehead atoms.